The Labute approximate surface area is 156 Å². The summed E-state index contributed by atoms with van der Waals surface area (Å²) >= 11 is 0. The Morgan fingerprint density at radius 1 is 1.04 bits per heavy atom. The highest BCUT2D eigenvalue weighted by Gasteiger charge is 2.26. The highest BCUT2D eigenvalue weighted by Crippen LogP contribution is 2.34. The second kappa shape index (κ2) is 6.64. The summed E-state index contributed by atoms with van der Waals surface area (Å²) in [4.78, 5) is 34.9. The van der Waals surface area contributed by atoms with Crippen molar-refractivity contribution in [3.8, 4) is 0 Å². The van der Waals surface area contributed by atoms with E-state index >= 15 is 0 Å². The molecule has 0 atom stereocenters. The highest BCUT2D eigenvalue weighted by atomic mass is 16.2. The number of hydrogen-bond acceptors (Lipinski definition) is 4. The first-order chi connectivity index (χ1) is 13.2. The fourth-order valence-electron chi connectivity index (χ4n) is 4.51. The Balaban J connectivity index is 1.44. The van der Waals surface area contributed by atoms with Crippen molar-refractivity contribution in [3.63, 3.8) is 0 Å². The molecule has 7 nitrogen and oxygen atoms in total. The van der Waals surface area contributed by atoms with Crippen molar-refractivity contribution in [2.24, 2.45) is 11.8 Å². The normalized spacial score (nSPS) is 23.3. The van der Waals surface area contributed by atoms with E-state index in [-0.39, 0.29) is 17.3 Å². The fraction of sp³-hybridized carbons (Fsp3) is 0.550. The number of fused-ring (bicyclic) bond motifs is 3. The topological polar surface area (TPSA) is 95.6 Å². The molecule has 3 N–H and O–H groups in total. The van der Waals surface area contributed by atoms with Gasteiger partial charge in [0.1, 0.15) is 5.65 Å². The lowest BCUT2D eigenvalue weighted by molar-refractivity contribution is 0.266. The van der Waals surface area contributed by atoms with Crippen molar-refractivity contribution >= 4 is 21.9 Å². The third-order valence-corrected chi connectivity index (χ3v) is 6.23. The first-order valence-corrected chi connectivity index (χ1v) is 10.0. The summed E-state index contributed by atoms with van der Waals surface area (Å²) in [6.07, 6.45) is 10.3. The third-order valence-electron chi connectivity index (χ3n) is 6.23. The van der Waals surface area contributed by atoms with E-state index in [1.807, 2.05) is 10.6 Å². The second-order valence-corrected chi connectivity index (χ2v) is 8.17. The van der Waals surface area contributed by atoms with Crippen LogP contribution in [0.25, 0.3) is 21.9 Å². The van der Waals surface area contributed by atoms with Crippen LogP contribution in [0, 0.1) is 11.8 Å². The molecule has 0 unspecified atom stereocenters. The molecule has 0 bridgehead atoms. The molecule has 2 aliphatic rings. The molecular formula is C20H25N5O2. The molecule has 0 amide bonds. The fourth-order valence-corrected chi connectivity index (χ4v) is 4.51. The van der Waals surface area contributed by atoms with E-state index in [2.05, 4.69) is 20.3 Å². The minimum Gasteiger partial charge on any atom is -0.346 e. The van der Waals surface area contributed by atoms with Crippen molar-refractivity contribution in [2.75, 3.05) is 13.1 Å². The van der Waals surface area contributed by atoms with Gasteiger partial charge in [0, 0.05) is 23.8 Å². The Morgan fingerprint density at radius 3 is 2.44 bits per heavy atom. The van der Waals surface area contributed by atoms with Gasteiger partial charge in [-0.1, -0.05) is 0 Å². The summed E-state index contributed by atoms with van der Waals surface area (Å²) in [7, 11) is 0. The number of nitrogens with one attached hydrogen (secondary N) is 3. The molecule has 0 saturated heterocycles. The van der Waals surface area contributed by atoms with Crippen molar-refractivity contribution < 1.29 is 0 Å². The summed E-state index contributed by atoms with van der Waals surface area (Å²) in [5.41, 5.74) is 0.751. The van der Waals surface area contributed by atoms with E-state index in [1.165, 1.54) is 12.8 Å². The molecule has 3 heterocycles. The largest absolute Gasteiger partial charge is 0.346 e. The van der Waals surface area contributed by atoms with E-state index in [1.54, 1.807) is 12.4 Å². The van der Waals surface area contributed by atoms with E-state index in [0.717, 1.165) is 50.1 Å². The minimum atomic E-state index is -0.361. The molecule has 5 rings (SSSR count). The Hall–Kier alpha value is -2.41. The monoisotopic (exact) mass is 367 g/mol. The van der Waals surface area contributed by atoms with Crippen molar-refractivity contribution in [1.29, 1.82) is 0 Å². The van der Waals surface area contributed by atoms with Gasteiger partial charge in [0.25, 0.3) is 5.56 Å². The van der Waals surface area contributed by atoms with Crippen LogP contribution in [-0.2, 0) is 0 Å². The highest BCUT2D eigenvalue weighted by molar-refractivity contribution is 6.01. The van der Waals surface area contributed by atoms with Gasteiger partial charge in [-0.2, -0.15) is 0 Å². The SMILES string of the molecule is O=c1[nH]c(=O)n(C2CCC(CNCC3CC3)CC2)c2c1cnc1[nH]ccc12. The average Bonchev–Trinajstić information content (AvgIpc) is 3.36. The smallest absolute Gasteiger partial charge is 0.329 e. The molecule has 27 heavy (non-hydrogen) atoms. The van der Waals surface area contributed by atoms with Crippen LogP contribution in [0.3, 0.4) is 0 Å². The maximum absolute atomic E-state index is 12.7. The van der Waals surface area contributed by atoms with Gasteiger partial charge in [0.15, 0.2) is 0 Å². The lowest BCUT2D eigenvalue weighted by Gasteiger charge is -2.30. The lowest BCUT2D eigenvalue weighted by atomic mass is 9.85. The number of aromatic nitrogens is 4. The number of H-pyrrole nitrogens is 2. The summed E-state index contributed by atoms with van der Waals surface area (Å²) in [6.45, 7) is 2.24. The Kier molecular flexibility index (Phi) is 4.11. The number of rotatable bonds is 5. The predicted molar refractivity (Wildman–Crippen MR) is 105 cm³/mol. The first kappa shape index (κ1) is 16.7. The molecule has 0 radical (unpaired) electrons. The molecule has 3 aromatic rings. The van der Waals surface area contributed by atoms with Crippen LogP contribution in [-0.4, -0.2) is 32.6 Å². The van der Waals surface area contributed by atoms with Gasteiger partial charge in [-0.3, -0.25) is 14.3 Å². The molecule has 0 spiro atoms. The van der Waals surface area contributed by atoms with E-state index < -0.39 is 0 Å². The summed E-state index contributed by atoms with van der Waals surface area (Å²) in [5, 5.41) is 4.93. The van der Waals surface area contributed by atoms with Crippen molar-refractivity contribution in [2.45, 2.75) is 44.6 Å². The van der Waals surface area contributed by atoms with Gasteiger partial charge in [0.05, 0.1) is 10.9 Å². The number of aromatic amines is 2. The predicted octanol–water partition coefficient (Wildman–Crippen LogP) is 2.30. The zero-order chi connectivity index (χ0) is 18.4. The molecule has 2 saturated carbocycles. The minimum absolute atomic E-state index is 0.122. The molecule has 2 fully saturated rings. The van der Waals surface area contributed by atoms with Crippen LogP contribution in [0.1, 0.15) is 44.6 Å². The zero-order valence-electron chi connectivity index (χ0n) is 15.3. The maximum Gasteiger partial charge on any atom is 0.329 e. The summed E-state index contributed by atoms with van der Waals surface area (Å²) in [5.74, 6) is 1.59. The molecule has 3 aromatic heterocycles. The number of nitrogens with zero attached hydrogens (tertiary/aromatic N) is 2. The van der Waals surface area contributed by atoms with Crippen LogP contribution in [0.2, 0.25) is 0 Å². The maximum atomic E-state index is 12.7. The molecule has 2 aliphatic carbocycles. The van der Waals surface area contributed by atoms with Gasteiger partial charge < -0.3 is 10.3 Å². The van der Waals surface area contributed by atoms with Crippen LogP contribution in [0.4, 0.5) is 0 Å². The molecule has 142 valence electrons. The van der Waals surface area contributed by atoms with Crippen molar-refractivity contribution in [1.82, 2.24) is 24.8 Å². The van der Waals surface area contributed by atoms with Crippen LogP contribution in [0.5, 0.6) is 0 Å². The second-order valence-electron chi connectivity index (χ2n) is 8.17. The molecular weight excluding hydrogens is 342 g/mol. The van der Waals surface area contributed by atoms with Gasteiger partial charge in [-0.25, -0.2) is 9.78 Å². The van der Waals surface area contributed by atoms with Gasteiger partial charge in [-0.05, 0) is 69.5 Å². The Morgan fingerprint density at radius 2 is 1.74 bits per heavy atom. The molecule has 0 aromatic carbocycles. The average molecular weight is 367 g/mol. The zero-order valence-corrected chi connectivity index (χ0v) is 15.3. The van der Waals surface area contributed by atoms with E-state index in [9.17, 15) is 9.59 Å². The van der Waals surface area contributed by atoms with Crippen LogP contribution < -0.4 is 16.6 Å². The third kappa shape index (κ3) is 3.10. The van der Waals surface area contributed by atoms with Crippen molar-refractivity contribution in [3.05, 3.63) is 39.3 Å². The van der Waals surface area contributed by atoms with E-state index in [4.69, 9.17) is 0 Å². The van der Waals surface area contributed by atoms with Gasteiger partial charge in [-0.15, -0.1) is 0 Å². The van der Waals surface area contributed by atoms with Gasteiger partial charge in [0.2, 0.25) is 0 Å². The quantitative estimate of drug-likeness (QED) is 0.645. The summed E-state index contributed by atoms with van der Waals surface area (Å²) < 4.78 is 1.81. The van der Waals surface area contributed by atoms with Crippen LogP contribution in [0.15, 0.2) is 28.0 Å². The molecule has 0 aliphatic heterocycles. The Bertz CT molecular complexity index is 1080. The number of pyridine rings is 1. The molecule has 7 heteroatoms. The summed E-state index contributed by atoms with van der Waals surface area (Å²) in [6, 6.07) is 2.02. The standard InChI is InChI=1S/C20H25N5O2/c26-19-16-11-23-18-15(7-8-22-18)17(16)25(20(27)24-19)14-5-3-13(4-6-14)10-21-9-12-1-2-12/h7-8,11-14,21H,1-6,9-10H2,(H,22,23)(H,24,26,27). The van der Waals surface area contributed by atoms with Crippen LogP contribution >= 0.6 is 0 Å². The lowest BCUT2D eigenvalue weighted by Crippen LogP contribution is -2.36. The first-order valence-electron chi connectivity index (χ1n) is 10.0. The van der Waals surface area contributed by atoms with E-state index in [0.29, 0.717) is 22.5 Å². The number of hydrogen-bond donors (Lipinski definition) is 3. The van der Waals surface area contributed by atoms with Gasteiger partial charge >= 0.3 is 5.69 Å².